The number of hydrogen-bond donors (Lipinski definition) is 0. The molecule has 9 aromatic rings. The van der Waals surface area contributed by atoms with Crippen molar-refractivity contribution >= 4 is 43.6 Å². The zero-order valence-electron chi connectivity index (χ0n) is 26.7. The zero-order chi connectivity index (χ0) is 33.8. The largest absolute Gasteiger partial charge is 0.309 e. The number of nitrogens with zero attached hydrogens (tertiary/aromatic N) is 5. The van der Waals surface area contributed by atoms with Gasteiger partial charge in [-0.25, -0.2) is 0 Å². The van der Waals surface area contributed by atoms with E-state index in [4.69, 9.17) is 0 Å². The molecule has 0 bridgehead atoms. The van der Waals surface area contributed by atoms with Crippen molar-refractivity contribution in [3.8, 4) is 51.8 Å². The number of hydrogen-bond acceptors (Lipinski definition) is 3. The average Bonchev–Trinajstić information content (AvgIpc) is 3.70. The van der Waals surface area contributed by atoms with E-state index in [1.54, 1.807) is 0 Å². The Balaban J connectivity index is 1.24. The quantitative estimate of drug-likeness (QED) is 0.193. The number of aromatic nitrogens is 2. The molecule has 0 unspecified atom stereocenters. The van der Waals surface area contributed by atoms with Gasteiger partial charge in [0.1, 0.15) is 0 Å². The van der Waals surface area contributed by atoms with Crippen LogP contribution in [-0.4, -0.2) is 9.13 Å². The first-order valence-electron chi connectivity index (χ1n) is 16.3. The predicted molar refractivity (Wildman–Crippen MR) is 200 cm³/mol. The second-order valence-corrected chi connectivity index (χ2v) is 12.3. The van der Waals surface area contributed by atoms with E-state index in [2.05, 4.69) is 94.1 Å². The molecule has 0 aliphatic rings. The molecule has 5 heteroatoms. The fourth-order valence-corrected chi connectivity index (χ4v) is 7.54. The maximum absolute atomic E-state index is 10.5. The molecule has 0 radical (unpaired) electrons. The normalized spacial score (nSPS) is 11.1. The Labute approximate surface area is 287 Å². The Kier molecular flexibility index (Phi) is 6.56. The van der Waals surface area contributed by atoms with Crippen LogP contribution in [0.1, 0.15) is 16.7 Å². The molecular formula is C45H25N5. The van der Waals surface area contributed by atoms with Gasteiger partial charge in [-0.05, 0) is 83.4 Å². The molecule has 0 N–H and O–H groups in total. The van der Waals surface area contributed by atoms with Gasteiger partial charge in [0.2, 0.25) is 0 Å². The first kappa shape index (κ1) is 28.8. The minimum atomic E-state index is 0.566. The Bertz CT molecular complexity index is 2960. The third-order valence-corrected chi connectivity index (χ3v) is 9.66. The lowest BCUT2D eigenvalue weighted by Crippen LogP contribution is -2.00. The topological polar surface area (TPSA) is 81.2 Å². The highest BCUT2D eigenvalue weighted by molar-refractivity contribution is 6.13. The molecule has 0 saturated carbocycles. The van der Waals surface area contributed by atoms with Crippen molar-refractivity contribution in [2.75, 3.05) is 0 Å². The average molecular weight is 636 g/mol. The molecule has 2 heterocycles. The summed E-state index contributed by atoms with van der Waals surface area (Å²) in [6.07, 6.45) is 0. The summed E-state index contributed by atoms with van der Waals surface area (Å²) in [5.41, 5.74) is 11.5. The van der Waals surface area contributed by atoms with Gasteiger partial charge in [-0.1, -0.05) is 84.9 Å². The third-order valence-electron chi connectivity index (χ3n) is 9.66. The zero-order valence-corrected chi connectivity index (χ0v) is 26.7. The fourth-order valence-electron chi connectivity index (χ4n) is 7.54. The number of rotatable bonds is 4. The predicted octanol–water partition coefficient (Wildman–Crippen LogP) is 10.8. The number of benzene rings is 7. The van der Waals surface area contributed by atoms with Crippen molar-refractivity contribution in [2.45, 2.75) is 0 Å². The summed E-state index contributed by atoms with van der Waals surface area (Å²) in [6, 6.07) is 57.8. The standard InChI is InChI=1S/C45H25N5/c46-26-29-19-24-41-38(25-29)35-12-3-5-15-39(35)49(41)33-22-20-30(21-23-33)34-11-1-2-13-36(34)44-31(27-47)9-7-17-42(44)50-40-16-6-4-14-37(40)45-32(28-48)10-8-18-43(45)50/h1-25H. The molecule has 2 aromatic heterocycles. The Morgan fingerprint density at radius 3 is 1.80 bits per heavy atom. The van der Waals surface area contributed by atoms with Crippen LogP contribution < -0.4 is 0 Å². The van der Waals surface area contributed by atoms with Crippen molar-refractivity contribution < 1.29 is 0 Å². The highest BCUT2D eigenvalue weighted by atomic mass is 15.0. The molecule has 0 amide bonds. The van der Waals surface area contributed by atoms with E-state index in [-0.39, 0.29) is 0 Å². The van der Waals surface area contributed by atoms with E-state index in [1.807, 2.05) is 84.9 Å². The maximum Gasteiger partial charge on any atom is 0.0998 e. The van der Waals surface area contributed by atoms with Crippen LogP contribution in [0.25, 0.3) is 77.2 Å². The van der Waals surface area contributed by atoms with Crippen molar-refractivity contribution in [1.82, 2.24) is 9.13 Å². The van der Waals surface area contributed by atoms with E-state index in [0.29, 0.717) is 16.7 Å². The van der Waals surface area contributed by atoms with E-state index >= 15 is 0 Å². The fraction of sp³-hybridized carbons (Fsp3) is 0. The van der Waals surface area contributed by atoms with Gasteiger partial charge in [0.25, 0.3) is 0 Å². The number of para-hydroxylation sites is 2. The van der Waals surface area contributed by atoms with Crippen LogP contribution in [0.3, 0.4) is 0 Å². The van der Waals surface area contributed by atoms with Crippen LogP contribution in [0.15, 0.2) is 152 Å². The molecule has 50 heavy (non-hydrogen) atoms. The van der Waals surface area contributed by atoms with Crippen molar-refractivity contribution in [2.24, 2.45) is 0 Å². The summed E-state index contributed by atoms with van der Waals surface area (Å²) >= 11 is 0. The van der Waals surface area contributed by atoms with Crippen molar-refractivity contribution in [3.63, 3.8) is 0 Å². The molecule has 0 aliphatic heterocycles. The molecule has 9 rings (SSSR count). The highest BCUT2D eigenvalue weighted by Gasteiger charge is 2.21. The highest BCUT2D eigenvalue weighted by Crippen LogP contribution is 2.42. The SMILES string of the molecule is N#Cc1ccc2c(c1)c1ccccc1n2-c1ccc(-c2ccccc2-c2c(C#N)cccc2-n2c3ccccc3c3c(C#N)cccc32)cc1. The summed E-state index contributed by atoms with van der Waals surface area (Å²) < 4.78 is 4.42. The molecule has 0 fully saturated rings. The van der Waals surface area contributed by atoms with Crippen molar-refractivity contribution in [3.05, 3.63) is 168 Å². The Hall–Kier alpha value is -7.39. The van der Waals surface area contributed by atoms with E-state index in [0.717, 1.165) is 77.2 Å². The first-order chi connectivity index (χ1) is 24.7. The van der Waals surface area contributed by atoms with E-state index in [1.165, 1.54) is 0 Å². The number of nitriles is 3. The van der Waals surface area contributed by atoms with Crippen LogP contribution in [0.5, 0.6) is 0 Å². The second kappa shape index (κ2) is 11.4. The molecule has 0 spiro atoms. The van der Waals surface area contributed by atoms with Gasteiger partial charge in [-0.3, -0.25) is 0 Å². The maximum atomic E-state index is 10.5. The Morgan fingerprint density at radius 2 is 1.04 bits per heavy atom. The van der Waals surface area contributed by atoms with Crippen LogP contribution in [0.4, 0.5) is 0 Å². The minimum Gasteiger partial charge on any atom is -0.309 e. The van der Waals surface area contributed by atoms with Gasteiger partial charge in [-0.2, -0.15) is 15.8 Å². The molecule has 0 saturated heterocycles. The molecular weight excluding hydrogens is 611 g/mol. The van der Waals surface area contributed by atoms with Gasteiger partial charge in [0.15, 0.2) is 0 Å². The minimum absolute atomic E-state index is 0.566. The van der Waals surface area contributed by atoms with Gasteiger partial charge in [-0.15, -0.1) is 0 Å². The molecule has 7 aromatic carbocycles. The van der Waals surface area contributed by atoms with Gasteiger partial charge < -0.3 is 9.13 Å². The van der Waals surface area contributed by atoms with Gasteiger partial charge >= 0.3 is 0 Å². The van der Waals surface area contributed by atoms with Crippen LogP contribution in [0.2, 0.25) is 0 Å². The monoisotopic (exact) mass is 635 g/mol. The second-order valence-electron chi connectivity index (χ2n) is 12.3. The van der Waals surface area contributed by atoms with Crippen LogP contribution in [-0.2, 0) is 0 Å². The third kappa shape index (κ3) is 4.24. The molecule has 0 aliphatic carbocycles. The van der Waals surface area contributed by atoms with Crippen molar-refractivity contribution in [1.29, 1.82) is 15.8 Å². The van der Waals surface area contributed by atoms with Gasteiger partial charge in [0.05, 0.1) is 62.7 Å². The van der Waals surface area contributed by atoms with Crippen LogP contribution in [0, 0.1) is 34.0 Å². The van der Waals surface area contributed by atoms with Gasteiger partial charge in [0, 0.05) is 32.8 Å². The summed E-state index contributed by atoms with van der Waals surface area (Å²) in [4.78, 5) is 0. The Morgan fingerprint density at radius 1 is 0.420 bits per heavy atom. The lowest BCUT2D eigenvalue weighted by molar-refractivity contribution is 1.18. The first-order valence-corrected chi connectivity index (χ1v) is 16.3. The molecule has 5 nitrogen and oxygen atoms in total. The summed E-state index contributed by atoms with van der Waals surface area (Å²) in [7, 11) is 0. The smallest absolute Gasteiger partial charge is 0.0998 e. The lowest BCUT2D eigenvalue weighted by Gasteiger charge is -2.18. The molecule has 0 atom stereocenters. The molecule has 230 valence electrons. The summed E-state index contributed by atoms with van der Waals surface area (Å²) in [5.74, 6) is 0. The van der Waals surface area contributed by atoms with Crippen LogP contribution >= 0.6 is 0 Å². The van der Waals surface area contributed by atoms with E-state index < -0.39 is 0 Å². The lowest BCUT2D eigenvalue weighted by atomic mass is 9.90. The summed E-state index contributed by atoms with van der Waals surface area (Å²) in [5, 5.41) is 34.1. The number of fused-ring (bicyclic) bond motifs is 6. The summed E-state index contributed by atoms with van der Waals surface area (Å²) in [6.45, 7) is 0. The van der Waals surface area contributed by atoms with E-state index in [9.17, 15) is 15.8 Å².